The summed E-state index contributed by atoms with van der Waals surface area (Å²) in [5, 5.41) is 22.1. The minimum absolute atomic E-state index is 0.120. The van der Waals surface area contributed by atoms with Crippen LogP contribution in [-0.4, -0.2) is 46.1 Å². The lowest BCUT2D eigenvalue weighted by Gasteiger charge is -2.42. The Hall–Kier alpha value is -4.84. The summed E-state index contributed by atoms with van der Waals surface area (Å²) < 4.78 is 1.60. The number of carboxylic acids is 1. The number of aromatic nitrogens is 2. The molecule has 0 amide bonds. The fraction of sp³-hybridized carbons (Fsp3) is 0.290. The monoisotopic (exact) mass is 536 g/mol. The highest BCUT2D eigenvalue weighted by atomic mass is 16.4. The number of piperazine rings is 1. The van der Waals surface area contributed by atoms with Crippen molar-refractivity contribution in [2.45, 2.75) is 39.8 Å². The van der Waals surface area contributed by atoms with Crippen molar-refractivity contribution in [1.29, 1.82) is 5.26 Å². The third-order valence-electron chi connectivity index (χ3n) is 7.54. The fourth-order valence-electron chi connectivity index (χ4n) is 5.48. The fourth-order valence-corrected chi connectivity index (χ4v) is 5.48. The van der Waals surface area contributed by atoms with E-state index in [0.717, 1.165) is 23.4 Å². The first-order valence-electron chi connectivity index (χ1n) is 13.3. The van der Waals surface area contributed by atoms with Crippen LogP contribution in [0.3, 0.4) is 0 Å². The van der Waals surface area contributed by atoms with E-state index in [2.05, 4.69) is 28.1 Å². The van der Waals surface area contributed by atoms with E-state index in [4.69, 9.17) is 10.2 Å². The van der Waals surface area contributed by atoms with Crippen molar-refractivity contribution in [1.82, 2.24) is 9.38 Å². The quantitative estimate of drug-likeness (QED) is 0.362. The molecule has 2 aromatic heterocycles. The maximum Gasteiger partial charge on any atom is 0.337 e. The van der Waals surface area contributed by atoms with Crippen molar-refractivity contribution < 1.29 is 9.90 Å². The molecular formula is C31H32N6O3. The van der Waals surface area contributed by atoms with Gasteiger partial charge in [-0.25, -0.2) is 9.78 Å². The molecule has 0 saturated carbocycles. The third-order valence-corrected chi connectivity index (χ3v) is 7.54. The maximum atomic E-state index is 13.6. The van der Waals surface area contributed by atoms with Crippen LogP contribution in [0.5, 0.6) is 0 Å². The minimum atomic E-state index is -1.01. The Morgan fingerprint density at radius 1 is 1.15 bits per heavy atom. The topological polar surface area (TPSA) is 114 Å². The molecule has 40 heavy (non-hydrogen) atoms. The molecule has 1 saturated heterocycles. The van der Waals surface area contributed by atoms with Gasteiger partial charge in [0, 0.05) is 48.8 Å². The molecule has 0 radical (unpaired) electrons. The number of para-hydroxylation sites is 1. The molecule has 1 aliphatic rings. The molecule has 1 fully saturated rings. The Bertz CT molecular complexity index is 1690. The van der Waals surface area contributed by atoms with E-state index in [1.54, 1.807) is 34.9 Å². The Labute approximate surface area is 232 Å². The normalized spacial score (nSPS) is 16.0. The second-order valence-corrected chi connectivity index (χ2v) is 10.4. The SMILES string of the molecule is Cc1cc([C@@H](C)Nc2ccccc2C(=O)O)c2nc(N3CCN(c4ccc(C#N)cc4)C(C)C3)c(C)c(=O)n2c1. The van der Waals surface area contributed by atoms with E-state index < -0.39 is 5.97 Å². The second kappa shape index (κ2) is 10.7. The standard InChI is InChI=1S/C31H32N6O3/c1-19-15-26(22(4)33-27-8-6-5-7-25(27)31(39)40)29-34-28(21(3)30(38)37(29)17-19)35-13-14-36(20(2)18-35)24-11-9-23(16-32)10-12-24/h5-12,15,17,20,22,33H,13-14,18H2,1-4H3,(H,39,40)/t20?,22-/m1/s1. The molecule has 0 aliphatic carbocycles. The van der Waals surface area contributed by atoms with Crippen molar-refractivity contribution in [2.75, 3.05) is 34.8 Å². The summed E-state index contributed by atoms with van der Waals surface area (Å²) in [6.07, 6.45) is 1.80. The summed E-state index contributed by atoms with van der Waals surface area (Å²) in [7, 11) is 0. The predicted molar refractivity (Wildman–Crippen MR) is 157 cm³/mol. The number of aryl methyl sites for hydroxylation is 1. The van der Waals surface area contributed by atoms with E-state index in [-0.39, 0.29) is 23.2 Å². The Kier molecular flexibility index (Phi) is 7.18. The van der Waals surface area contributed by atoms with Crippen LogP contribution in [0.2, 0.25) is 0 Å². The summed E-state index contributed by atoms with van der Waals surface area (Å²) in [6, 6.07) is 18.4. The highest BCUT2D eigenvalue weighted by molar-refractivity contribution is 5.94. The molecule has 4 aromatic rings. The number of fused-ring (bicyclic) bond motifs is 1. The van der Waals surface area contributed by atoms with Gasteiger partial charge in [0.05, 0.1) is 28.8 Å². The number of aromatic carboxylic acids is 1. The van der Waals surface area contributed by atoms with Gasteiger partial charge in [0.25, 0.3) is 5.56 Å². The third kappa shape index (κ3) is 4.96. The lowest BCUT2D eigenvalue weighted by molar-refractivity contribution is 0.0698. The lowest BCUT2D eigenvalue weighted by atomic mass is 10.1. The van der Waals surface area contributed by atoms with Crippen molar-refractivity contribution in [3.63, 3.8) is 0 Å². The first kappa shape index (κ1) is 26.8. The Morgan fingerprint density at radius 2 is 1.88 bits per heavy atom. The van der Waals surface area contributed by atoms with Gasteiger partial charge < -0.3 is 20.2 Å². The molecule has 2 aromatic carbocycles. The molecule has 2 atom stereocenters. The van der Waals surface area contributed by atoms with Gasteiger partial charge >= 0.3 is 5.97 Å². The highest BCUT2D eigenvalue weighted by Crippen LogP contribution is 2.29. The molecule has 9 heteroatoms. The number of nitriles is 1. The zero-order chi connectivity index (χ0) is 28.6. The van der Waals surface area contributed by atoms with E-state index in [1.807, 2.05) is 51.1 Å². The van der Waals surface area contributed by atoms with Crippen molar-refractivity contribution in [3.8, 4) is 6.07 Å². The summed E-state index contributed by atoms with van der Waals surface area (Å²) in [4.78, 5) is 34.9. The van der Waals surface area contributed by atoms with Crippen LogP contribution in [0.4, 0.5) is 17.2 Å². The number of carbonyl (C=O) groups is 1. The van der Waals surface area contributed by atoms with Crippen LogP contribution in [0, 0.1) is 25.2 Å². The van der Waals surface area contributed by atoms with Crippen molar-refractivity contribution >= 4 is 28.8 Å². The van der Waals surface area contributed by atoms with Crippen LogP contribution in [0.15, 0.2) is 65.6 Å². The predicted octanol–water partition coefficient (Wildman–Crippen LogP) is 4.77. The molecule has 9 nitrogen and oxygen atoms in total. The largest absolute Gasteiger partial charge is 0.478 e. The maximum absolute atomic E-state index is 13.6. The van der Waals surface area contributed by atoms with Gasteiger partial charge in [-0.3, -0.25) is 9.20 Å². The molecule has 2 N–H and O–H groups in total. The van der Waals surface area contributed by atoms with Crippen LogP contribution >= 0.6 is 0 Å². The molecule has 3 heterocycles. The van der Waals surface area contributed by atoms with E-state index in [9.17, 15) is 14.7 Å². The average molecular weight is 537 g/mol. The van der Waals surface area contributed by atoms with Gasteiger partial charge in [0.2, 0.25) is 0 Å². The van der Waals surface area contributed by atoms with E-state index in [1.165, 1.54) is 0 Å². The van der Waals surface area contributed by atoms with Crippen LogP contribution < -0.4 is 20.7 Å². The molecule has 1 aliphatic heterocycles. The Morgan fingerprint density at radius 3 is 2.55 bits per heavy atom. The summed E-state index contributed by atoms with van der Waals surface area (Å²) in [5.74, 6) is -0.342. The molecular weight excluding hydrogens is 504 g/mol. The molecule has 0 spiro atoms. The van der Waals surface area contributed by atoms with Gasteiger partial charge in [-0.15, -0.1) is 0 Å². The van der Waals surface area contributed by atoms with Gasteiger partial charge in [-0.1, -0.05) is 12.1 Å². The summed E-state index contributed by atoms with van der Waals surface area (Å²) in [6.45, 7) is 9.96. The molecule has 204 valence electrons. The second-order valence-electron chi connectivity index (χ2n) is 10.4. The van der Waals surface area contributed by atoms with Crippen molar-refractivity contribution in [3.05, 3.63) is 99.0 Å². The number of benzene rings is 2. The number of carboxylic acid groups (broad SMARTS) is 1. The van der Waals surface area contributed by atoms with Gasteiger partial charge in [-0.2, -0.15) is 5.26 Å². The first-order valence-corrected chi connectivity index (χ1v) is 13.3. The van der Waals surface area contributed by atoms with E-state index >= 15 is 0 Å². The number of nitrogens with one attached hydrogen (secondary N) is 1. The molecule has 0 bridgehead atoms. The number of hydrogen-bond acceptors (Lipinski definition) is 7. The number of anilines is 3. The van der Waals surface area contributed by atoms with Gasteiger partial charge in [0.1, 0.15) is 11.5 Å². The van der Waals surface area contributed by atoms with Crippen molar-refractivity contribution in [2.24, 2.45) is 0 Å². The Balaban J connectivity index is 1.49. The number of hydrogen-bond donors (Lipinski definition) is 2. The average Bonchev–Trinajstić information content (AvgIpc) is 2.95. The zero-order valence-corrected chi connectivity index (χ0v) is 23.0. The number of pyridine rings is 1. The van der Waals surface area contributed by atoms with Crippen LogP contribution in [0.25, 0.3) is 5.65 Å². The summed E-state index contributed by atoms with van der Waals surface area (Å²) >= 11 is 0. The lowest BCUT2D eigenvalue weighted by Crippen LogP contribution is -2.53. The van der Waals surface area contributed by atoms with Gasteiger partial charge in [0.15, 0.2) is 0 Å². The molecule has 1 unspecified atom stereocenters. The van der Waals surface area contributed by atoms with Crippen LogP contribution in [-0.2, 0) is 0 Å². The van der Waals surface area contributed by atoms with Gasteiger partial charge in [-0.05, 0) is 75.7 Å². The minimum Gasteiger partial charge on any atom is -0.478 e. The smallest absolute Gasteiger partial charge is 0.337 e. The van der Waals surface area contributed by atoms with Crippen LogP contribution in [0.1, 0.15) is 52.5 Å². The zero-order valence-electron chi connectivity index (χ0n) is 23.0. The highest BCUT2D eigenvalue weighted by Gasteiger charge is 2.27. The van der Waals surface area contributed by atoms with E-state index in [0.29, 0.717) is 41.4 Å². The molecule has 5 rings (SSSR count). The first-order chi connectivity index (χ1) is 19.2. The number of nitrogens with zero attached hydrogens (tertiary/aromatic N) is 5. The summed E-state index contributed by atoms with van der Waals surface area (Å²) in [5.41, 5.74) is 5.11. The number of rotatable bonds is 6.